The first kappa shape index (κ1) is 16.3. The topological polar surface area (TPSA) is 76.1 Å². The summed E-state index contributed by atoms with van der Waals surface area (Å²) in [5, 5.41) is 15.9. The predicted molar refractivity (Wildman–Crippen MR) is 90.8 cm³/mol. The molecule has 1 saturated heterocycles. The van der Waals surface area contributed by atoms with Gasteiger partial charge in [-0.15, -0.1) is 10.2 Å². The molecule has 2 aromatic rings. The Morgan fingerprint density at radius 2 is 2.26 bits per heavy atom. The van der Waals surface area contributed by atoms with E-state index in [0.717, 1.165) is 18.5 Å². The highest BCUT2D eigenvalue weighted by molar-refractivity contribution is 7.18. The van der Waals surface area contributed by atoms with Crippen LogP contribution in [-0.4, -0.2) is 42.4 Å². The Hall–Kier alpha value is -1.54. The minimum absolute atomic E-state index is 0.0767. The molecular weight excluding hydrogens is 336 g/mol. The summed E-state index contributed by atoms with van der Waals surface area (Å²) in [5.74, 6) is -0.340. The highest BCUT2D eigenvalue weighted by Crippen LogP contribution is 2.31. The third-order valence-electron chi connectivity index (χ3n) is 3.82. The molecule has 122 valence electrons. The number of nitrogens with zero attached hydrogens (tertiary/aromatic N) is 2. The third-order valence-corrected chi connectivity index (χ3v) is 5.02. The number of aromatic nitrogens is 2. The van der Waals surface area contributed by atoms with Gasteiger partial charge in [0.05, 0.1) is 17.0 Å². The lowest BCUT2D eigenvalue weighted by atomic mass is 9.95. The first-order valence-electron chi connectivity index (χ1n) is 7.32. The lowest BCUT2D eigenvalue weighted by Gasteiger charge is -2.29. The first-order valence-corrected chi connectivity index (χ1v) is 8.51. The Kier molecular flexibility index (Phi) is 5.22. The van der Waals surface area contributed by atoms with Crippen LogP contribution < -0.4 is 10.6 Å². The van der Waals surface area contributed by atoms with Gasteiger partial charge in [0.25, 0.3) is 0 Å². The van der Waals surface area contributed by atoms with Crippen molar-refractivity contribution in [2.24, 2.45) is 5.92 Å². The molecule has 2 atom stereocenters. The highest BCUT2D eigenvalue weighted by atomic mass is 35.5. The van der Waals surface area contributed by atoms with Gasteiger partial charge in [-0.1, -0.05) is 41.1 Å². The molecule has 1 fully saturated rings. The zero-order valence-electron chi connectivity index (χ0n) is 12.6. The van der Waals surface area contributed by atoms with Gasteiger partial charge in [-0.25, -0.2) is 0 Å². The van der Waals surface area contributed by atoms with E-state index >= 15 is 0 Å². The summed E-state index contributed by atoms with van der Waals surface area (Å²) in [5.41, 5.74) is 0.807. The molecule has 1 aromatic carbocycles. The molecule has 1 amide bonds. The molecule has 2 unspecified atom stereocenters. The minimum atomic E-state index is -0.235. The molecule has 1 aliphatic rings. The van der Waals surface area contributed by atoms with E-state index < -0.39 is 0 Å². The molecule has 3 rings (SSSR count). The molecule has 0 spiro atoms. The monoisotopic (exact) mass is 352 g/mol. The van der Waals surface area contributed by atoms with Gasteiger partial charge in [0.2, 0.25) is 11.0 Å². The summed E-state index contributed by atoms with van der Waals surface area (Å²) in [6.07, 6.45) is 0.738. The summed E-state index contributed by atoms with van der Waals surface area (Å²) >= 11 is 7.46. The van der Waals surface area contributed by atoms with E-state index in [2.05, 4.69) is 20.8 Å². The van der Waals surface area contributed by atoms with Crippen molar-refractivity contribution >= 4 is 34.0 Å². The summed E-state index contributed by atoms with van der Waals surface area (Å²) < 4.78 is 5.40. The second-order valence-electron chi connectivity index (χ2n) is 5.25. The zero-order chi connectivity index (χ0) is 16.2. The van der Waals surface area contributed by atoms with E-state index in [-0.39, 0.29) is 17.9 Å². The largest absolute Gasteiger partial charge is 0.381 e. The van der Waals surface area contributed by atoms with Crippen LogP contribution in [0.5, 0.6) is 0 Å². The summed E-state index contributed by atoms with van der Waals surface area (Å²) in [6.45, 7) is 1.46. The van der Waals surface area contributed by atoms with Gasteiger partial charge in [-0.3, -0.25) is 4.79 Å². The number of ether oxygens (including phenoxy) is 1. The average Bonchev–Trinajstić information content (AvgIpc) is 3.03. The van der Waals surface area contributed by atoms with Crippen molar-refractivity contribution in [3.8, 4) is 10.6 Å². The smallest absolute Gasteiger partial charge is 0.233 e. The highest BCUT2D eigenvalue weighted by Gasteiger charge is 2.31. The number of rotatable bonds is 4. The Balaban J connectivity index is 1.71. The van der Waals surface area contributed by atoms with Crippen LogP contribution in [0.1, 0.15) is 6.42 Å². The van der Waals surface area contributed by atoms with Crippen LogP contribution in [0.15, 0.2) is 24.3 Å². The van der Waals surface area contributed by atoms with Gasteiger partial charge in [-0.05, 0) is 19.0 Å². The maximum Gasteiger partial charge on any atom is 0.233 e. The standard InChI is InChI=1S/C15H17ClN4O2S/c1-22-12-6-7-17-8-10(12)13(21)18-15-20-19-14(23-15)9-4-2-3-5-11(9)16/h2-5,10,12,17H,6-8H2,1H3,(H,18,20,21). The number of carbonyl (C=O) groups is 1. The Morgan fingerprint density at radius 3 is 3.04 bits per heavy atom. The van der Waals surface area contributed by atoms with Crippen molar-refractivity contribution in [3.63, 3.8) is 0 Å². The number of amides is 1. The van der Waals surface area contributed by atoms with Gasteiger partial charge in [-0.2, -0.15) is 0 Å². The summed E-state index contributed by atoms with van der Waals surface area (Å²) in [6, 6.07) is 7.42. The molecule has 2 heterocycles. The Morgan fingerprint density at radius 1 is 1.43 bits per heavy atom. The molecule has 0 aliphatic carbocycles. The molecule has 0 saturated carbocycles. The van der Waals surface area contributed by atoms with Gasteiger partial charge in [0.1, 0.15) is 0 Å². The number of hydrogen-bond donors (Lipinski definition) is 2. The van der Waals surface area contributed by atoms with Crippen molar-refractivity contribution in [1.82, 2.24) is 15.5 Å². The normalized spacial score (nSPS) is 21.1. The molecule has 0 bridgehead atoms. The fraction of sp³-hybridized carbons (Fsp3) is 0.400. The molecule has 1 aromatic heterocycles. The van der Waals surface area contributed by atoms with Crippen LogP contribution in [0.4, 0.5) is 5.13 Å². The van der Waals surface area contributed by atoms with E-state index in [9.17, 15) is 4.79 Å². The van der Waals surface area contributed by atoms with Gasteiger partial charge < -0.3 is 15.4 Å². The maximum atomic E-state index is 12.4. The number of halogens is 1. The van der Waals surface area contributed by atoms with E-state index in [4.69, 9.17) is 16.3 Å². The van der Waals surface area contributed by atoms with Gasteiger partial charge in [0, 0.05) is 19.2 Å². The zero-order valence-corrected chi connectivity index (χ0v) is 14.2. The number of carbonyl (C=O) groups excluding carboxylic acids is 1. The molecule has 23 heavy (non-hydrogen) atoms. The average molecular weight is 353 g/mol. The van der Waals surface area contributed by atoms with Gasteiger partial charge in [0.15, 0.2) is 5.01 Å². The molecule has 0 radical (unpaired) electrons. The predicted octanol–water partition coefficient (Wildman–Crippen LogP) is 2.42. The van der Waals surface area contributed by atoms with Crippen molar-refractivity contribution in [1.29, 1.82) is 0 Å². The Labute approximate surface area is 143 Å². The van der Waals surface area contributed by atoms with E-state index in [0.29, 0.717) is 21.7 Å². The van der Waals surface area contributed by atoms with E-state index in [1.165, 1.54) is 11.3 Å². The molecule has 1 aliphatic heterocycles. The fourth-order valence-corrected chi connectivity index (χ4v) is 3.66. The second-order valence-corrected chi connectivity index (χ2v) is 6.64. The van der Waals surface area contributed by atoms with E-state index in [1.54, 1.807) is 13.2 Å². The van der Waals surface area contributed by atoms with Crippen LogP contribution in [0.3, 0.4) is 0 Å². The van der Waals surface area contributed by atoms with Crippen LogP contribution in [-0.2, 0) is 9.53 Å². The van der Waals surface area contributed by atoms with E-state index in [1.807, 2.05) is 18.2 Å². The van der Waals surface area contributed by atoms with Crippen LogP contribution in [0.25, 0.3) is 10.6 Å². The molecule has 8 heteroatoms. The van der Waals surface area contributed by atoms with Crippen LogP contribution in [0, 0.1) is 5.92 Å². The van der Waals surface area contributed by atoms with Crippen molar-refractivity contribution in [2.75, 3.05) is 25.5 Å². The molecule has 2 N–H and O–H groups in total. The van der Waals surface area contributed by atoms with Crippen LogP contribution >= 0.6 is 22.9 Å². The summed E-state index contributed by atoms with van der Waals surface area (Å²) in [7, 11) is 1.64. The lowest BCUT2D eigenvalue weighted by Crippen LogP contribution is -2.46. The Bertz CT molecular complexity index is 694. The number of benzene rings is 1. The second kappa shape index (κ2) is 7.35. The summed E-state index contributed by atoms with van der Waals surface area (Å²) in [4.78, 5) is 12.4. The van der Waals surface area contributed by atoms with Gasteiger partial charge >= 0.3 is 0 Å². The van der Waals surface area contributed by atoms with Crippen molar-refractivity contribution in [3.05, 3.63) is 29.3 Å². The fourth-order valence-electron chi connectivity index (χ4n) is 2.59. The number of hydrogen-bond acceptors (Lipinski definition) is 6. The lowest BCUT2D eigenvalue weighted by molar-refractivity contribution is -0.125. The quantitative estimate of drug-likeness (QED) is 0.883. The third kappa shape index (κ3) is 3.69. The number of piperidine rings is 1. The maximum absolute atomic E-state index is 12.4. The molecular formula is C15H17ClN4O2S. The van der Waals surface area contributed by atoms with Crippen molar-refractivity contribution in [2.45, 2.75) is 12.5 Å². The number of methoxy groups -OCH3 is 1. The first-order chi connectivity index (χ1) is 11.2. The minimum Gasteiger partial charge on any atom is -0.381 e. The SMILES string of the molecule is COC1CCNCC1C(=O)Nc1nnc(-c2ccccc2Cl)s1. The number of nitrogens with one attached hydrogen (secondary N) is 2. The number of anilines is 1. The van der Waals surface area contributed by atoms with Crippen LogP contribution in [0.2, 0.25) is 5.02 Å². The van der Waals surface area contributed by atoms with Crippen molar-refractivity contribution < 1.29 is 9.53 Å². The molecule has 6 nitrogen and oxygen atoms in total.